The minimum atomic E-state index is 0. The fourth-order valence-electron chi connectivity index (χ4n) is 4.39. The number of aliphatic hydroxyl groups excluding tert-OH is 1. The Balaban J connectivity index is 0.00000171. The molecule has 35 heavy (non-hydrogen) atoms. The summed E-state index contributed by atoms with van der Waals surface area (Å²) in [6, 6.07) is 13.6. The molecule has 1 saturated heterocycles. The SMILES string of the molecule is Cl.Cl.OCCN1CCN(CCO/N=C2/C(c3c(O)[nH]c4cc(Br)ccc34)=Nc3ccccc32)CC1. The van der Waals surface area contributed by atoms with Gasteiger partial charge in [0.15, 0.2) is 5.88 Å². The van der Waals surface area contributed by atoms with Crippen LogP contribution in [-0.2, 0) is 4.84 Å². The van der Waals surface area contributed by atoms with Crippen LogP contribution >= 0.6 is 40.7 Å². The van der Waals surface area contributed by atoms with Crippen LogP contribution in [0.4, 0.5) is 5.69 Å². The average molecular weight is 585 g/mol. The Kier molecular flexibility index (Phi) is 9.57. The van der Waals surface area contributed by atoms with Crippen LogP contribution < -0.4 is 0 Å². The quantitative estimate of drug-likeness (QED) is 0.289. The van der Waals surface area contributed by atoms with E-state index >= 15 is 0 Å². The fourth-order valence-corrected chi connectivity index (χ4v) is 4.75. The first kappa shape index (κ1) is 27.4. The van der Waals surface area contributed by atoms with Gasteiger partial charge in [-0.3, -0.25) is 9.80 Å². The first-order valence-electron chi connectivity index (χ1n) is 11.1. The van der Waals surface area contributed by atoms with Crippen LogP contribution in [0, 0.1) is 0 Å². The number of aliphatic hydroxyl groups is 1. The molecule has 0 bridgehead atoms. The number of H-pyrrole nitrogens is 1. The van der Waals surface area contributed by atoms with Gasteiger partial charge in [0.1, 0.15) is 18.0 Å². The number of aromatic amines is 1. The number of oxime groups is 1. The lowest BCUT2D eigenvalue weighted by molar-refractivity contribution is 0.0730. The zero-order chi connectivity index (χ0) is 22.8. The van der Waals surface area contributed by atoms with Crippen molar-refractivity contribution in [1.29, 1.82) is 0 Å². The summed E-state index contributed by atoms with van der Waals surface area (Å²) >= 11 is 3.48. The largest absolute Gasteiger partial charge is 0.494 e. The maximum Gasteiger partial charge on any atom is 0.199 e. The molecule has 3 N–H and O–H groups in total. The fraction of sp³-hybridized carbons (Fsp3) is 0.333. The molecule has 11 heteroatoms. The molecule has 0 spiro atoms. The predicted octanol–water partition coefficient (Wildman–Crippen LogP) is 3.94. The number of fused-ring (bicyclic) bond motifs is 2. The summed E-state index contributed by atoms with van der Waals surface area (Å²) in [6.07, 6.45) is 0. The number of β-amino-alcohol motifs (C(OH)–C–C–N with tert-alkyl or cyclic N) is 1. The summed E-state index contributed by atoms with van der Waals surface area (Å²) in [5.41, 5.74) is 4.35. The highest BCUT2D eigenvalue weighted by atomic mass is 79.9. The van der Waals surface area contributed by atoms with E-state index in [9.17, 15) is 5.11 Å². The van der Waals surface area contributed by atoms with E-state index in [0.29, 0.717) is 23.6 Å². The summed E-state index contributed by atoms with van der Waals surface area (Å²) in [7, 11) is 0. The van der Waals surface area contributed by atoms with Crippen molar-refractivity contribution in [2.24, 2.45) is 10.1 Å². The van der Waals surface area contributed by atoms with E-state index in [1.807, 2.05) is 42.5 Å². The van der Waals surface area contributed by atoms with Gasteiger partial charge in [-0.2, -0.15) is 0 Å². The van der Waals surface area contributed by atoms with Crippen LogP contribution in [0.2, 0.25) is 0 Å². The molecule has 5 rings (SSSR count). The maximum atomic E-state index is 10.7. The Morgan fingerprint density at radius 1 is 1.03 bits per heavy atom. The monoisotopic (exact) mass is 583 g/mol. The third-order valence-electron chi connectivity index (χ3n) is 6.13. The van der Waals surface area contributed by atoms with E-state index < -0.39 is 0 Å². The molecule has 0 unspecified atom stereocenters. The number of nitrogens with one attached hydrogen (secondary N) is 1. The van der Waals surface area contributed by atoms with Crippen LogP contribution in [0.5, 0.6) is 5.88 Å². The van der Waals surface area contributed by atoms with Crippen LogP contribution in [0.1, 0.15) is 11.1 Å². The Morgan fingerprint density at radius 2 is 1.74 bits per heavy atom. The van der Waals surface area contributed by atoms with Crippen molar-refractivity contribution in [3.63, 3.8) is 0 Å². The average Bonchev–Trinajstić information content (AvgIpc) is 3.33. The third kappa shape index (κ3) is 5.82. The van der Waals surface area contributed by atoms with Crippen molar-refractivity contribution < 1.29 is 15.1 Å². The van der Waals surface area contributed by atoms with Crippen molar-refractivity contribution in [3.05, 3.63) is 58.1 Å². The van der Waals surface area contributed by atoms with Crippen molar-refractivity contribution >= 4 is 68.8 Å². The van der Waals surface area contributed by atoms with Crippen LogP contribution in [0.15, 0.2) is 57.1 Å². The van der Waals surface area contributed by atoms with Gasteiger partial charge in [0.2, 0.25) is 0 Å². The lowest BCUT2D eigenvalue weighted by Crippen LogP contribution is -2.47. The summed E-state index contributed by atoms with van der Waals surface area (Å²) in [4.78, 5) is 18.2. The van der Waals surface area contributed by atoms with E-state index in [1.165, 1.54) is 0 Å². The number of para-hydroxylation sites is 1. The van der Waals surface area contributed by atoms with E-state index in [2.05, 4.69) is 35.9 Å². The smallest absolute Gasteiger partial charge is 0.199 e. The maximum absolute atomic E-state index is 10.7. The number of aliphatic imine (C=N–C) groups is 1. The number of benzene rings is 2. The summed E-state index contributed by atoms with van der Waals surface area (Å²) in [5.74, 6) is 0.0584. The highest BCUT2D eigenvalue weighted by Crippen LogP contribution is 2.36. The highest BCUT2D eigenvalue weighted by Gasteiger charge is 2.29. The minimum absolute atomic E-state index is 0. The van der Waals surface area contributed by atoms with Crippen molar-refractivity contribution in [2.45, 2.75) is 0 Å². The molecular formula is C24H28BrCl2N5O3. The Bertz CT molecular complexity index is 1230. The second-order valence-corrected chi connectivity index (χ2v) is 9.11. The van der Waals surface area contributed by atoms with E-state index in [-0.39, 0.29) is 37.3 Å². The Morgan fingerprint density at radius 3 is 2.49 bits per heavy atom. The zero-order valence-electron chi connectivity index (χ0n) is 19.0. The van der Waals surface area contributed by atoms with Crippen molar-refractivity contribution in [1.82, 2.24) is 14.8 Å². The summed E-state index contributed by atoms with van der Waals surface area (Å²) in [6.45, 7) is 6.00. The van der Waals surface area contributed by atoms with Gasteiger partial charge in [0.25, 0.3) is 0 Å². The van der Waals surface area contributed by atoms with E-state index in [0.717, 1.165) is 65.9 Å². The van der Waals surface area contributed by atoms with Gasteiger partial charge in [-0.1, -0.05) is 45.4 Å². The lowest BCUT2D eigenvalue weighted by Gasteiger charge is -2.33. The number of aromatic nitrogens is 1. The lowest BCUT2D eigenvalue weighted by atomic mass is 10.0. The first-order valence-corrected chi connectivity index (χ1v) is 11.9. The molecule has 3 heterocycles. The molecule has 2 aromatic carbocycles. The predicted molar refractivity (Wildman–Crippen MR) is 147 cm³/mol. The number of hydrogen-bond acceptors (Lipinski definition) is 7. The highest BCUT2D eigenvalue weighted by molar-refractivity contribution is 9.10. The van der Waals surface area contributed by atoms with Gasteiger partial charge in [0.05, 0.1) is 23.4 Å². The molecule has 0 amide bonds. The topological polar surface area (TPSA) is 96.7 Å². The van der Waals surface area contributed by atoms with Gasteiger partial charge in [0, 0.05) is 54.7 Å². The number of piperazine rings is 1. The Hall–Kier alpha value is -2.14. The van der Waals surface area contributed by atoms with Gasteiger partial charge in [-0.15, -0.1) is 24.8 Å². The van der Waals surface area contributed by atoms with Crippen LogP contribution in [0.3, 0.4) is 0 Å². The van der Waals surface area contributed by atoms with Crippen molar-refractivity contribution in [2.75, 3.05) is 52.5 Å². The number of halogens is 3. The van der Waals surface area contributed by atoms with E-state index in [1.54, 1.807) is 0 Å². The second kappa shape index (κ2) is 12.2. The molecule has 188 valence electrons. The second-order valence-electron chi connectivity index (χ2n) is 8.20. The number of rotatable bonds is 7. The van der Waals surface area contributed by atoms with Crippen LogP contribution in [-0.4, -0.2) is 88.9 Å². The third-order valence-corrected chi connectivity index (χ3v) is 6.62. The molecule has 1 fully saturated rings. The molecular weight excluding hydrogens is 557 g/mol. The molecule has 0 radical (unpaired) electrons. The van der Waals surface area contributed by atoms with Gasteiger partial charge >= 0.3 is 0 Å². The first-order chi connectivity index (χ1) is 16.1. The molecule has 0 aliphatic carbocycles. The number of hydrogen-bond donors (Lipinski definition) is 3. The molecule has 3 aromatic rings. The summed E-state index contributed by atoms with van der Waals surface area (Å²) < 4.78 is 0.925. The minimum Gasteiger partial charge on any atom is -0.494 e. The number of nitrogens with zero attached hydrogens (tertiary/aromatic N) is 4. The van der Waals surface area contributed by atoms with E-state index in [4.69, 9.17) is 14.9 Å². The van der Waals surface area contributed by atoms with Gasteiger partial charge in [-0.25, -0.2) is 4.99 Å². The zero-order valence-corrected chi connectivity index (χ0v) is 22.2. The van der Waals surface area contributed by atoms with Crippen LogP contribution in [0.25, 0.3) is 10.9 Å². The number of aromatic hydroxyl groups is 1. The normalized spacial score (nSPS) is 17.1. The Labute approximate surface area is 224 Å². The van der Waals surface area contributed by atoms with Crippen molar-refractivity contribution in [3.8, 4) is 5.88 Å². The standard InChI is InChI=1S/C24H26BrN5O3.2ClH/c25-16-5-6-17-20(15-16)27-24(32)21(17)23-22(18-3-1-2-4-19(18)26-23)28-33-14-12-30-9-7-29(8-10-30)11-13-31;;/h1-6,15,27,31-32H,7-14H2;2*1H/b28-22+;;. The molecule has 0 saturated carbocycles. The molecule has 8 nitrogen and oxygen atoms in total. The summed E-state index contributed by atoms with van der Waals surface area (Å²) in [5, 5.41) is 25.1. The molecule has 2 aliphatic heterocycles. The van der Waals surface area contributed by atoms with Gasteiger partial charge in [-0.05, 0) is 18.2 Å². The van der Waals surface area contributed by atoms with Gasteiger partial charge < -0.3 is 20.0 Å². The molecule has 0 atom stereocenters. The molecule has 2 aliphatic rings. The molecule has 1 aromatic heterocycles.